The van der Waals surface area contributed by atoms with Crippen LogP contribution in [0.5, 0.6) is 5.75 Å². The molecular formula is C19H14F6N2O3. The van der Waals surface area contributed by atoms with Gasteiger partial charge in [-0.15, -0.1) is 0 Å². The van der Waals surface area contributed by atoms with Gasteiger partial charge in [0.05, 0.1) is 16.8 Å². The van der Waals surface area contributed by atoms with Crippen molar-refractivity contribution >= 4 is 23.2 Å². The molecule has 0 spiro atoms. The second-order valence-electron chi connectivity index (χ2n) is 6.59. The number of likely N-dealkylation sites (N-methyl/N-ethyl adjacent to an activating group) is 1. The topological polar surface area (TPSA) is 58.6 Å². The van der Waals surface area contributed by atoms with E-state index in [4.69, 9.17) is 4.74 Å². The van der Waals surface area contributed by atoms with E-state index in [1.807, 2.05) is 0 Å². The van der Waals surface area contributed by atoms with Crippen LogP contribution in [0.15, 0.2) is 36.4 Å². The quantitative estimate of drug-likeness (QED) is 0.699. The number of carbonyl (C=O) groups excluding carboxylic acids is 2. The number of fused-ring (bicyclic) bond motifs is 1. The molecule has 30 heavy (non-hydrogen) atoms. The third-order valence-corrected chi connectivity index (χ3v) is 4.41. The van der Waals surface area contributed by atoms with Gasteiger partial charge in [0.25, 0.3) is 11.8 Å². The molecule has 2 amide bonds. The summed E-state index contributed by atoms with van der Waals surface area (Å²) in [6.07, 6.45) is -10.9. The first-order chi connectivity index (χ1) is 13.8. The number of benzene rings is 2. The van der Waals surface area contributed by atoms with E-state index in [0.717, 1.165) is 0 Å². The number of anilines is 2. The predicted molar refractivity (Wildman–Crippen MR) is 94.3 cm³/mol. The number of hydrogen-bond acceptors (Lipinski definition) is 3. The van der Waals surface area contributed by atoms with Crippen molar-refractivity contribution in [2.24, 2.45) is 0 Å². The fourth-order valence-corrected chi connectivity index (χ4v) is 2.88. The maximum atomic E-state index is 13.0. The van der Waals surface area contributed by atoms with Gasteiger partial charge in [-0.05, 0) is 43.3 Å². The summed E-state index contributed by atoms with van der Waals surface area (Å²) >= 11 is 0. The average molecular weight is 432 g/mol. The minimum absolute atomic E-state index is 0.0579. The molecule has 0 aliphatic carbocycles. The number of nitrogens with zero attached hydrogens (tertiary/aromatic N) is 1. The van der Waals surface area contributed by atoms with Crippen LogP contribution in [0.3, 0.4) is 0 Å². The molecule has 1 atom stereocenters. The Labute approximate surface area is 166 Å². The van der Waals surface area contributed by atoms with Crippen LogP contribution in [0.2, 0.25) is 0 Å². The molecule has 0 aromatic heterocycles. The van der Waals surface area contributed by atoms with E-state index in [-0.39, 0.29) is 23.3 Å². The number of halogens is 6. The number of carbonyl (C=O) groups is 2. The summed E-state index contributed by atoms with van der Waals surface area (Å²) in [5.41, 5.74) is -3.66. The summed E-state index contributed by atoms with van der Waals surface area (Å²) in [7, 11) is 1.47. The highest BCUT2D eigenvalue weighted by atomic mass is 19.4. The van der Waals surface area contributed by atoms with Gasteiger partial charge in [-0.3, -0.25) is 9.59 Å². The monoisotopic (exact) mass is 432 g/mol. The van der Waals surface area contributed by atoms with Crippen LogP contribution < -0.4 is 15.0 Å². The first kappa shape index (κ1) is 21.5. The van der Waals surface area contributed by atoms with E-state index >= 15 is 0 Å². The molecule has 0 fully saturated rings. The highest BCUT2D eigenvalue weighted by Gasteiger charge is 2.37. The lowest BCUT2D eigenvalue weighted by Crippen LogP contribution is -2.41. The Hall–Kier alpha value is -3.24. The van der Waals surface area contributed by atoms with Crippen molar-refractivity contribution in [1.29, 1.82) is 0 Å². The number of hydrogen-bond donors (Lipinski definition) is 1. The van der Waals surface area contributed by atoms with Crippen molar-refractivity contribution in [3.8, 4) is 5.75 Å². The van der Waals surface area contributed by atoms with Gasteiger partial charge in [-0.1, -0.05) is 0 Å². The Morgan fingerprint density at radius 1 is 1.00 bits per heavy atom. The second-order valence-corrected chi connectivity index (χ2v) is 6.59. The predicted octanol–water partition coefficient (Wildman–Crippen LogP) is 4.72. The molecule has 0 bridgehead atoms. The van der Waals surface area contributed by atoms with Gasteiger partial charge in [0, 0.05) is 18.3 Å². The van der Waals surface area contributed by atoms with Crippen LogP contribution in [0.25, 0.3) is 0 Å². The highest BCUT2D eigenvalue weighted by molar-refractivity contribution is 6.06. The van der Waals surface area contributed by atoms with Crippen LogP contribution in [0.4, 0.5) is 37.7 Å². The van der Waals surface area contributed by atoms with Gasteiger partial charge in [0.15, 0.2) is 6.10 Å². The molecule has 11 heteroatoms. The number of rotatable bonds is 2. The SMILES string of the molecule is CC1Oc2ccc(NC(=O)c3cc(C(F)(F)F)cc(C(F)(F)F)c3)cc2N(C)C1=O. The van der Waals surface area contributed by atoms with Crippen molar-refractivity contribution in [3.05, 3.63) is 53.1 Å². The molecule has 3 rings (SSSR count). The van der Waals surface area contributed by atoms with E-state index in [2.05, 4.69) is 5.32 Å². The van der Waals surface area contributed by atoms with Crippen molar-refractivity contribution in [1.82, 2.24) is 0 Å². The lowest BCUT2D eigenvalue weighted by Gasteiger charge is -2.30. The molecule has 0 saturated carbocycles. The zero-order chi connectivity index (χ0) is 22.4. The van der Waals surface area contributed by atoms with E-state index in [1.54, 1.807) is 6.92 Å². The highest BCUT2D eigenvalue weighted by Crippen LogP contribution is 2.37. The van der Waals surface area contributed by atoms with Crippen LogP contribution in [0.1, 0.15) is 28.4 Å². The Balaban J connectivity index is 1.94. The van der Waals surface area contributed by atoms with Crippen molar-refractivity contribution in [2.75, 3.05) is 17.3 Å². The molecular weight excluding hydrogens is 418 g/mol. The van der Waals surface area contributed by atoms with Crippen molar-refractivity contribution in [3.63, 3.8) is 0 Å². The Morgan fingerprint density at radius 2 is 1.57 bits per heavy atom. The number of ether oxygens (including phenoxy) is 1. The molecule has 0 radical (unpaired) electrons. The third-order valence-electron chi connectivity index (χ3n) is 4.41. The third kappa shape index (κ3) is 4.19. The first-order valence-corrected chi connectivity index (χ1v) is 8.46. The van der Waals surface area contributed by atoms with Gasteiger partial charge < -0.3 is 15.0 Å². The van der Waals surface area contributed by atoms with Gasteiger partial charge >= 0.3 is 12.4 Å². The van der Waals surface area contributed by atoms with Crippen molar-refractivity contribution < 1.29 is 40.7 Å². The van der Waals surface area contributed by atoms with Crippen LogP contribution in [-0.2, 0) is 17.1 Å². The maximum absolute atomic E-state index is 13.0. The number of alkyl halides is 6. The molecule has 2 aromatic rings. The average Bonchev–Trinajstić information content (AvgIpc) is 2.65. The van der Waals surface area contributed by atoms with Gasteiger partial charge in [0.2, 0.25) is 0 Å². The van der Waals surface area contributed by atoms with E-state index < -0.39 is 41.1 Å². The lowest BCUT2D eigenvalue weighted by atomic mass is 10.0. The minimum Gasteiger partial charge on any atom is -0.479 e. The molecule has 1 N–H and O–H groups in total. The standard InChI is InChI=1S/C19H14F6N2O3/c1-9-17(29)27(2)14-8-13(3-4-15(14)30-9)26-16(28)10-5-11(18(20,21)22)7-12(6-10)19(23,24)25/h3-9H,1-2H3,(H,26,28). The summed E-state index contributed by atoms with van der Waals surface area (Å²) < 4.78 is 83.3. The van der Waals surface area contributed by atoms with E-state index in [1.165, 1.54) is 30.1 Å². The molecule has 1 aliphatic rings. The summed E-state index contributed by atoms with van der Waals surface area (Å²) in [5.74, 6) is -1.20. The molecule has 1 aliphatic heterocycles. The smallest absolute Gasteiger partial charge is 0.416 e. The molecule has 2 aromatic carbocycles. The molecule has 0 saturated heterocycles. The second kappa shape index (κ2) is 7.22. The van der Waals surface area contributed by atoms with Crippen LogP contribution >= 0.6 is 0 Å². The fraction of sp³-hybridized carbons (Fsp3) is 0.263. The Kier molecular flexibility index (Phi) is 5.17. The van der Waals surface area contributed by atoms with E-state index in [0.29, 0.717) is 17.9 Å². The minimum atomic E-state index is -5.07. The molecule has 1 unspecified atom stereocenters. The molecule has 1 heterocycles. The Bertz CT molecular complexity index is 984. The molecule has 5 nitrogen and oxygen atoms in total. The van der Waals surface area contributed by atoms with Crippen LogP contribution in [-0.4, -0.2) is 25.0 Å². The largest absolute Gasteiger partial charge is 0.479 e. The van der Waals surface area contributed by atoms with Crippen LogP contribution in [0, 0.1) is 0 Å². The maximum Gasteiger partial charge on any atom is 0.416 e. The summed E-state index contributed by atoms with van der Waals surface area (Å²) in [6, 6.07) is 4.72. The Morgan fingerprint density at radius 3 is 2.10 bits per heavy atom. The number of amides is 2. The summed E-state index contributed by atoms with van der Waals surface area (Å²) in [4.78, 5) is 25.7. The zero-order valence-corrected chi connectivity index (χ0v) is 15.5. The summed E-state index contributed by atoms with van der Waals surface area (Å²) in [6.45, 7) is 1.54. The van der Waals surface area contributed by atoms with E-state index in [9.17, 15) is 35.9 Å². The van der Waals surface area contributed by atoms with Crippen molar-refractivity contribution in [2.45, 2.75) is 25.4 Å². The molecule has 160 valence electrons. The van der Waals surface area contributed by atoms with Gasteiger partial charge in [0.1, 0.15) is 5.75 Å². The fourth-order valence-electron chi connectivity index (χ4n) is 2.88. The van der Waals surface area contributed by atoms with Gasteiger partial charge in [-0.25, -0.2) is 0 Å². The first-order valence-electron chi connectivity index (χ1n) is 8.46. The number of nitrogens with one attached hydrogen (secondary N) is 1. The summed E-state index contributed by atoms with van der Waals surface area (Å²) in [5, 5.41) is 2.25. The lowest BCUT2D eigenvalue weighted by molar-refractivity contribution is -0.143. The van der Waals surface area contributed by atoms with Gasteiger partial charge in [-0.2, -0.15) is 26.3 Å². The zero-order valence-electron chi connectivity index (χ0n) is 15.5. The normalized spacial score (nSPS) is 16.7.